The van der Waals surface area contributed by atoms with Crippen molar-refractivity contribution in [3.8, 4) is 0 Å². The zero-order valence-corrected chi connectivity index (χ0v) is 11.1. The first-order valence-corrected chi connectivity index (χ1v) is 6.12. The van der Waals surface area contributed by atoms with Gasteiger partial charge in [0, 0.05) is 16.7 Å². The van der Waals surface area contributed by atoms with Gasteiger partial charge in [-0.05, 0) is 28.1 Å². The van der Waals surface area contributed by atoms with Crippen molar-refractivity contribution < 1.29 is 14.3 Å². The second kappa shape index (κ2) is 5.06. The first kappa shape index (κ1) is 12.4. The van der Waals surface area contributed by atoms with Crippen LogP contribution in [0.4, 0.5) is 5.69 Å². The molecule has 0 atom stereocenters. The topological polar surface area (TPSA) is 47.6 Å². The van der Waals surface area contributed by atoms with Crippen LogP contribution >= 0.6 is 15.9 Å². The Bertz CT molecular complexity index is 418. The first-order valence-electron chi connectivity index (χ1n) is 5.32. The maximum atomic E-state index is 11.7. The Kier molecular flexibility index (Phi) is 3.69. The third-order valence-corrected chi connectivity index (χ3v) is 3.56. The van der Waals surface area contributed by atoms with E-state index in [0.717, 1.165) is 10.2 Å². The minimum absolute atomic E-state index is 0.219. The van der Waals surface area contributed by atoms with Crippen molar-refractivity contribution >= 4 is 27.6 Å². The van der Waals surface area contributed by atoms with Crippen LogP contribution in [0.1, 0.15) is 0 Å². The maximum Gasteiger partial charge on any atom is 0.318 e. The molecule has 0 saturated carbocycles. The lowest BCUT2D eigenvalue weighted by molar-refractivity contribution is -0.180. The van der Waals surface area contributed by atoms with Gasteiger partial charge in [-0.25, -0.2) is 0 Å². The number of anilines is 1. The number of hydrogen-bond donors (Lipinski definition) is 1. The third-order valence-electron chi connectivity index (χ3n) is 2.87. The second-order valence-corrected chi connectivity index (χ2v) is 4.95. The predicted octanol–water partition coefficient (Wildman–Crippen LogP) is 2.05. The molecule has 0 spiro atoms. The number of methoxy groups -OCH3 is 1. The molecule has 2 rings (SSSR count). The molecule has 0 unspecified atom stereocenters. The Morgan fingerprint density at radius 1 is 1.53 bits per heavy atom. The van der Waals surface area contributed by atoms with E-state index in [-0.39, 0.29) is 5.97 Å². The maximum absolute atomic E-state index is 11.7. The fraction of sp³-hybridized carbons (Fsp3) is 0.417. The van der Waals surface area contributed by atoms with Gasteiger partial charge in [-0.1, -0.05) is 12.1 Å². The molecule has 5 heteroatoms. The highest BCUT2D eigenvalue weighted by atomic mass is 79.9. The normalized spacial score (nSPS) is 17.1. The van der Waals surface area contributed by atoms with Gasteiger partial charge >= 0.3 is 5.97 Å². The molecule has 1 aromatic rings. The molecule has 0 aliphatic carbocycles. The van der Waals surface area contributed by atoms with E-state index in [4.69, 9.17) is 9.47 Å². The minimum atomic E-state index is -0.538. The van der Waals surface area contributed by atoms with Crippen LogP contribution in [0.5, 0.6) is 0 Å². The van der Waals surface area contributed by atoms with Crippen molar-refractivity contribution in [1.29, 1.82) is 0 Å². The lowest BCUT2D eigenvalue weighted by atomic mass is 9.86. The molecule has 0 aromatic heterocycles. The summed E-state index contributed by atoms with van der Waals surface area (Å²) in [5.41, 5.74) is 0.423. The number of para-hydroxylation sites is 1. The summed E-state index contributed by atoms with van der Waals surface area (Å²) in [4.78, 5) is 11.7. The van der Waals surface area contributed by atoms with Gasteiger partial charge in [-0.15, -0.1) is 0 Å². The molecule has 1 aromatic carbocycles. The summed E-state index contributed by atoms with van der Waals surface area (Å²) in [6, 6.07) is 7.78. The SMILES string of the molecule is COC(=O)C1(CNc2ccccc2Br)COC1. The van der Waals surface area contributed by atoms with Crippen LogP contribution in [-0.4, -0.2) is 32.8 Å². The third kappa shape index (κ3) is 2.45. The van der Waals surface area contributed by atoms with Crippen molar-refractivity contribution in [3.05, 3.63) is 28.7 Å². The molecule has 0 radical (unpaired) electrons. The van der Waals surface area contributed by atoms with E-state index >= 15 is 0 Å². The summed E-state index contributed by atoms with van der Waals surface area (Å²) < 4.78 is 10.9. The predicted molar refractivity (Wildman–Crippen MR) is 67.9 cm³/mol. The van der Waals surface area contributed by atoms with Gasteiger partial charge in [0.15, 0.2) is 0 Å². The highest BCUT2D eigenvalue weighted by Gasteiger charge is 2.47. The molecule has 1 aliphatic rings. The van der Waals surface area contributed by atoms with Crippen molar-refractivity contribution in [1.82, 2.24) is 0 Å². The summed E-state index contributed by atoms with van der Waals surface area (Å²) in [7, 11) is 1.40. The number of carbonyl (C=O) groups excluding carboxylic acids is 1. The zero-order valence-electron chi connectivity index (χ0n) is 9.53. The van der Waals surface area contributed by atoms with Crippen LogP contribution in [0.25, 0.3) is 0 Å². The fourth-order valence-corrected chi connectivity index (χ4v) is 2.15. The lowest BCUT2D eigenvalue weighted by Crippen LogP contribution is -2.54. The van der Waals surface area contributed by atoms with Crippen LogP contribution in [0.3, 0.4) is 0 Å². The van der Waals surface area contributed by atoms with Gasteiger partial charge in [0.25, 0.3) is 0 Å². The Morgan fingerprint density at radius 2 is 2.24 bits per heavy atom. The molecule has 1 aliphatic heterocycles. The highest BCUT2D eigenvalue weighted by Crippen LogP contribution is 2.30. The molecule has 0 bridgehead atoms. The summed E-state index contributed by atoms with van der Waals surface area (Å²) in [6.45, 7) is 1.34. The Balaban J connectivity index is 2.02. The van der Waals surface area contributed by atoms with Gasteiger partial charge in [0.1, 0.15) is 5.41 Å². The van der Waals surface area contributed by atoms with Crippen LogP contribution in [0, 0.1) is 5.41 Å². The number of halogens is 1. The molecule has 1 fully saturated rings. The number of nitrogens with one attached hydrogen (secondary N) is 1. The van der Waals surface area contributed by atoms with Crippen molar-refractivity contribution in [2.24, 2.45) is 5.41 Å². The van der Waals surface area contributed by atoms with Gasteiger partial charge in [0.2, 0.25) is 0 Å². The molecular weight excluding hydrogens is 286 g/mol. The van der Waals surface area contributed by atoms with E-state index in [1.807, 2.05) is 24.3 Å². The molecule has 92 valence electrons. The Hall–Kier alpha value is -1.07. The second-order valence-electron chi connectivity index (χ2n) is 4.10. The van der Waals surface area contributed by atoms with Crippen molar-refractivity contribution in [2.75, 3.05) is 32.2 Å². The summed E-state index contributed by atoms with van der Waals surface area (Å²) in [5.74, 6) is -0.219. The number of rotatable bonds is 4. The number of carbonyl (C=O) groups is 1. The minimum Gasteiger partial charge on any atom is -0.468 e. The molecule has 1 saturated heterocycles. The molecule has 0 amide bonds. The number of esters is 1. The fourth-order valence-electron chi connectivity index (χ4n) is 1.73. The Labute approximate surface area is 108 Å². The van der Waals surface area contributed by atoms with Crippen LogP contribution in [0.15, 0.2) is 28.7 Å². The van der Waals surface area contributed by atoms with Crippen molar-refractivity contribution in [3.63, 3.8) is 0 Å². The molecule has 17 heavy (non-hydrogen) atoms. The van der Waals surface area contributed by atoms with Crippen LogP contribution < -0.4 is 5.32 Å². The van der Waals surface area contributed by atoms with E-state index in [2.05, 4.69) is 21.2 Å². The van der Waals surface area contributed by atoms with Gasteiger partial charge < -0.3 is 14.8 Å². The number of ether oxygens (including phenoxy) is 2. The van der Waals surface area contributed by atoms with E-state index in [1.54, 1.807) is 0 Å². The number of benzene rings is 1. The first-order chi connectivity index (χ1) is 8.18. The molecular formula is C12H14BrNO3. The molecule has 4 nitrogen and oxygen atoms in total. The monoisotopic (exact) mass is 299 g/mol. The van der Waals surface area contributed by atoms with E-state index in [9.17, 15) is 4.79 Å². The van der Waals surface area contributed by atoms with E-state index in [1.165, 1.54) is 7.11 Å². The average molecular weight is 300 g/mol. The molecule has 1 N–H and O–H groups in total. The standard InChI is InChI=1S/C12H14BrNO3/c1-16-11(15)12(7-17-8-12)6-14-10-5-3-2-4-9(10)13/h2-5,14H,6-8H2,1H3. The molecule has 1 heterocycles. The van der Waals surface area contributed by atoms with Gasteiger partial charge in [-0.3, -0.25) is 4.79 Å². The van der Waals surface area contributed by atoms with Crippen LogP contribution in [-0.2, 0) is 14.3 Å². The summed E-state index contributed by atoms with van der Waals surface area (Å²) >= 11 is 3.45. The number of hydrogen-bond acceptors (Lipinski definition) is 4. The van der Waals surface area contributed by atoms with Gasteiger partial charge in [-0.2, -0.15) is 0 Å². The van der Waals surface area contributed by atoms with Crippen LogP contribution in [0.2, 0.25) is 0 Å². The Morgan fingerprint density at radius 3 is 2.76 bits per heavy atom. The quantitative estimate of drug-likeness (QED) is 0.865. The zero-order chi connectivity index (χ0) is 12.3. The van der Waals surface area contributed by atoms with Gasteiger partial charge in [0.05, 0.1) is 20.3 Å². The smallest absolute Gasteiger partial charge is 0.318 e. The van der Waals surface area contributed by atoms with E-state index in [0.29, 0.717) is 19.8 Å². The van der Waals surface area contributed by atoms with E-state index < -0.39 is 5.41 Å². The average Bonchev–Trinajstić information content (AvgIpc) is 2.29. The largest absolute Gasteiger partial charge is 0.468 e. The lowest BCUT2D eigenvalue weighted by Gasteiger charge is -2.38. The van der Waals surface area contributed by atoms with Crippen molar-refractivity contribution in [2.45, 2.75) is 0 Å². The highest BCUT2D eigenvalue weighted by molar-refractivity contribution is 9.10. The summed E-state index contributed by atoms with van der Waals surface area (Å²) in [5, 5.41) is 3.24. The summed E-state index contributed by atoms with van der Waals surface area (Å²) in [6.07, 6.45) is 0.